The maximum absolute atomic E-state index is 12.0. The second kappa shape index (κ2) is 9.70. The Balaban J connectivity index is 2.57. The van der Waals surface area contributed by atoms with Crippen molar-refractivity contribution in [2.75, 3.05) is 5.32 Å². The van der Waals surface area contributed by atoms with Crippen LogP contribution >= 0.6 is 0 Å². The van der Waals surface area contributed by atoms with Crippen LogP contribution in [0.1, 0.15) is 56.3 Å². The minimum atomic E-state index is -1.29. The number of anilines is 1. The lowest BCUT2D eigenvalue weighted by atomic mass is 9.86. The summed E-state index contributed by atoms with van der Waals surface area (Å²) in [4.78, 5) is 34.0. The van der Waals surface area contributed by atoms with Crippen molar-refractivity contribution in [2.24, 2.45) is 11.8 Å². The zero-order chi connectivity index (χ0) is 18.1. The Morgan fingerprint density at radius 1 is 1.08 bits per heavy atom. The third kappa shape index (κ3) is 6.40. The third-order valence-electron chi connectivity index (χ3n) is 4.02. The molecule has 1 aromatic rings. The molecule has 0 aromatic heterocycles. The van der Waals surface area contributed by atoms with Crippen molar-refractivity contribution in [3.8, 4) is 0 Å². The van der Waals surface area contributed by atoms with Gasteiger partial charge in [-0.05, 0) is 30.0 Å². The standard InChI is InChI=1S/C18H25NO5/c1-3-4-5-6-15(18(23)24)12(2)11-16(20)19-14-9-7-13(8-10-14)17(21)22/h7-10,12,15H,3-6,11H2,1-2H3,(H,19,20)(H,21,22)(H,23,24)/p-2/t12-,15-/m1/s1. The fourth-order valence-corrected chi connectivity index (χ4v) is 2.59. The molecule has 6 nitrogen and oxygen atoms in total. The molecular formula is C18H23NO5-2. The molecule has 1 rings (SSSR count). The van der Waals surface area contributed by atoms with E-state index in [1.165, 1.54) is 24.3 Å². The fourth-order valence-electron chi connectivity index (χ4n) is 2.59. The molecule has 1 N–H and O–H groups in total. The summed E-state index contributed by atoms with van der Waals surface area (Å²) in [6.07, 6.45) is 3.31. The van der Waals surface area contributed by atoms with Gasteiger partial charge in [0.1, 0.15) is 0 Å². The number of unbranched alkanes of at least 4 members (excludes halogenated alkanes) is 2. The van der Waals surface area contributed by atoms with E-state index in [1.807, 2.05) is 6.92 Å². The highest BCUT2D eigenvalue weighted by atomic mass is 16.4. The van der Waals surface area contributed by atoms with Gasteiger partial charge < -0.3 is 25.1 Å². The van der Waals surface area contributed by atoms with Crippen molar-refractivity contribution in [3.05, 3.63) is 29.8 Å². The van der Waals surface area contributed by atoms with E-state index in [9.17, 15) is 24.6 Å². The molecule has 0 aliphatic rings. The molecule has 0 saturated heterocycles. The number of nitrogens with one attached hydrogen (secondary N) is 1. The number of carboxylic acid groups (broad SMARTS) is 2. The van der Waals surface area contributed by atoms with Gasteiger partial charge in [0, 0.05) is 24.0 Å². The molecule has 0 heterocycles. The van der Waals surface area contributed by atoms with E-state index in [2.05, 4.69) is 5.32 Å². The number of carbonyl (C=O) groups is 3. The van der Waals surface area contributed by atoms with Gasteiger partial charge in [0.05, 0.1) is 5.97 Å². The number of rotatable bonds is 10. The third-order valence-corrected chi connectivity index (χ3v) is 4.02. The highest BCUT2D eigenvalue weighted by Gasteiger charge is 2.21. The number of amides is 1. The molecule has 0 bridgehead atoms. The summed E-state index contributed by atoms with van der Waals surface area (Å²) in [6, 6.07) is 5.60. The van der Waals surface area contributed by atoms with E-state index in [1.54, 1.807) is 6.92 Å². The average molecular weight is 333 g/mol. The van der Waals surface area contributed by atoms with Gasteiger partial charge in [-0.25, -0.2) is 0 Å². The molecule has 6 heteroatoms. The van der Waals surface area contributed by atoms with E-state index in [-0.39, 0.29) is 23.8 Å². The first kappa shape index (κ1) is 19.7. The zero-order valence-electron chi connectivity index (χ0n) is 14.0. The summed E-state index contributed by atoms with van der Waals surface area (Å²) in [6.45, 7) is 3.77. The molecule has 0 unspecified atom stereocenters. The molecule has 0 aliphatic heterocycles. The molecule has 0 saturated carbocycles. The number of carbonyl (C=O) groups excluding carboxylic acids is 3. The summed E-state index contributed by atoms with van der Waals surface area (Å²) in [7, 11) is 0. The van der Waals surface area contributed by atoms with Crippen LogP contribution in [0.25, 0.3) is 0 Å². The van der Waals surface area contributed by atoms with E-state index < -0.39 is 17.9 Å². The van der Waals surface area contributed by atoms with Crippen LogP contribution in [-0.2, 0) is 9.59 Å². The minimum absolute atomic E-state index is 0.0225. The number of benzene rings is 1. The number of aromatic carboxylic acids is 1. The zero-order valence-corrected chi connectivity index (χ0v) is 14.0. The Morgan fingerprint density at radius 2 is 1.71 bits per heavy atom. The van der Waals surface area contributed by atoms with Crippen molar-refractivity contribution < 1.29 is 24.6 Å². The Bertz CT molecular complexity index is 567. The van der Waals surface area contributed by atoms with Crippen molar-refractivity contribution in [1.29, 1.82) is 0 Å². The number of carboxylic acids is 2. The predicted molar refractivity (Wildman–Crippen MR) is 85.8 cm³/mol. The number of hydrogen-bond acceptors (Lipinski definition) is 5. The van der Waals surface area contributed by atoms with Gasteiger partial charge in [-0.1, -0.05) is 45.2 Å². The molecule has 1 amide bonds. The van der Waals surface area contributed by atoms with Gasteiger partial charge in [0.25, 0.3) is 0 Å². The van der Waals surface area contributed by atoms with Gasteiger partial charge in [0.2, 0.25) is 5.91 Å². The molecule has 0 spiro atoms. The lowest BCUT2D eigenvalue weighted by molar-refractivity contribution is -0.313. The molecular weight excluding hydrogens is 310 g/mol. The van der Waals surface area contributed by atoms with Gasteiger partial charge >= 0.3 is 0 Å². The monoisotopic (exact) mass is 333 g/mol. The molecule has 132 valence electrons. The second-order valence-electron chi connectivity index (χ2n) is 6.02. The Morgan fingerprint density at radius 3 is 2.21 bits per heavy atom. The highest BCUT2D eigenvalue weighted by Crippen LogP contribution is 2.22. The van der Waals surface area contributed by atoms with E-state index in [0.717, 1.165) is 19.3 Å². The SMILES string of the molecule is CCCCC[C@@H](C(=O)[O-])[C@H](C)CC(=O)Nc1ccc(C(=O)[O-])cc1. The number of aliphatic carboxylic acids is 1. The first-order valence-corrected chi connectivity index (χ1v) is 8.17. The summed E-state index contributed by atoms with van der Waals surface area (Å²) in [5, 5.41) is 24.6. The Hall–Kier alpha value is -2.37. The van der Waals surface area contributed by atoms with Crippen LogP contribution in [0, 0.1) is 11.8 Å². The van der Waals surface area contributed by atoms with Crippen LogP contribution in [0.15, 0.2) is 24.3 Å². The van der Waals surface area contributed by atoms with Crippen LogP contribution in [-0.4, -0.2) is 17.8 Å². The van der Waals surface area contributed by atoms with Crippen molar-refractivity contribution in [1.82, 2.24) is 0 Å². The molecule has 1 aromatic carbocycles. The van der Waals surface area contributed by atoms with Crippen LogP contribution in [0.5, 0.6) is 0 Å². The van der Waals surface area contributed by atoms with E-state index >= 15 is 0 Å². The first-order valence-electron chi connectivity index (χ1n) is 8.17. The number of hydrogen-bond donors (Lipinski definition) is 1. The summed E-state index contributed by atoms with van der Waals surface area (Å²) >= 11 is 0. The van der Waals surface area contributed by atoms with Crippen LogP contribution < -0.4 is 15.5 Å². The lowest BCUT2D eigenvalue weighted by Crippen LogP contribution is -2.36. The smallest absolute Gasteiger partial charge is 0.224 e. The Kier molecular flexibility index (Phi) is 7.95. The topological polar surface area (TPSA) is 109 Å². The quantitative estimate of drug-likeness (QED) is 0.641. The van der Waals surface area contributed by atoms with Gasteiger partial charge in [-0.2, -0.15) is 0 Å². The molecule has 2 atom stereocenters. The Labute approximate surface area is 141 Å². The average Bonchev–Trinajstić information content (AvgIpc) is 2.51. The van der Waals surface area contributed by atoms with Crippen LogP contribution in [0.4, 0.5) is 5.69 Å². The van der Waals surface area contributed by atoms with Crippen molar-refractivity contribution in [3.63, 3.8) is 0 Å². The normalized spacial score (nSPS) is 13.1. The van der Waals surface area contributed by atoms with Crippen molar-refractivity contribution in [2.45, 2.75) is 46.0 Å². The maximum Gasteiger partial charge on any atom is 0.224 e. The van der Waals surface area contributed by atoms with Crippen LogP contribution in [0.2, 0.25) is 0 Å². The molecule has 0 aliphatic carbocycles. The van der Waals surface area contributed by atoms with E-state index in [4.69, 9.17) is 0 Å². The van der Waals surface area contributed by atoms with Crippen molar-refractivity contribution >= 4 is 23.5 Å². The van der Waals surface area contributed by atoms with Crippen LogP contribution in [0.3, 0.4) is 0 Å². The summed E-state index contributed by atoms with van der Waals surface area (Å²) < 4.78 is 0. The maximum atomic E-state index is 12.0. The molecule has 0 radical (unpaired) electrons. The lowest BCUT2D eigenvalue weighted by Gasteiger charge is -2.24. The molecule has 24 heavy (non-hydrogen) atoms. The summed E-state index contributed by atoms with van der Waals surface area (Å²) in [5.41, 5.74) is 0.475. The first-order chi connectivity index (χ1) is 11.3. The molecule has 0 fully saturated rings. The largest absolute Gasteiger partial charge is 0.550 e. The van der Waals surface area contributed by atoms with Gasteiger partial charge in [-0.3, -0.25) is 4.79 Å². The fraction of sp³-hybridized carbons (Fsp3) is 0.500. The van der Waals surface area contributed by atoms with E-state index in [0.29, 0.717) is 12.1 Å². The van der Waals surface area contributed by atoms with Gasteiger partial charge in [0.15, 0.2) is 0 Å². The highest BCUT2D eigenvalue weighted by molar-refractivity contribution is 5.92. The minimum Gasteiger partial charge on any atom is -0.550 e. The summed E-state index contributed by atoms with van der Waals surface area (Å²) in [5.74, 6) is -3.71. The van der Waals surface area contributed by atoms with Gasteiger partial charge in [-0.15, -0.1) is 0 Å². The second-order valence-corrected chi connectivity index (χ2v) is 6.02. The predicted octanol–water partition coefficient (Wildman–Crippen LogP) is 0.961.